The molecule has 1 heterocycles. The predicted octanol–water partition coefficient (Wildman–Crippen LogP) is 2.64. The number of nitrogens with zero attached hydrogens (tertiary/aromatic N) is 3. The molecule has 0 radical (unpaired) electrons. The minimum atomic E-state index is -0.678. The Morgan fingerprint density at radius 2 is 2.30 bits per heavy atom. The Balaban J connectivity index is 2.10. The van der Waals surface area contributed by atoms with Crippen LogP contribution in [0.5, 0.6) is 0 Å². The molecule has 2 rings (SSSR count). The molecule has 1 amide bonds. The lowest BCUT2D eigenvalue weighted by Gasteiger charge is -2.12. The van der Waals surface area contributed by atoms with E-state index in [1.807, 2.05) is 0 Å². The number of hydrogen-bond acceptors (Lipinski definition) is 4. The van der Waals surface area contributed by atoms with Crippen LogP contribution < -0.4 is 5.32 Å². The number of nitro groups is 1. The number of nitrogens with one attached hydrogen (secondary N) is 1. The summed E-state index contributed by atoms with van der Waals surface area (Å²) in [5.41, 5.74) is 0.392. The van der Waals surface area contributed by atoms with Crippen molar-refractivity contribution in [2.24, 2.45) is 0 Å². The van der Waals surface area contributed by atoms with Crippen LogP contribution >= 0.6 is 11.6 Å². The molecule has 0 spiro atoms. The van der Waals surface area contributed by atoms with Crippen molar-refractivity contribution in [1.29, 1.82) is 0 Å². The maximum atomic E-state index is 12.0. The van der Waals surface area contributed by atoms with Crippen molar-refractivity contribution in [1.82, 2.24) is 9.78 Å². The topological polar surface area (TPSA) is 90.1 Å². The minimum absolute atomic E-state index is 0.160. The molecule has 20 heavy (non-hydrogen) atoms. The van der Waals surface area contributed by atoms with E-state index in [1.54, 1.807) is 31.2 Å². The van der Waals surface area contributed by atoms with Gasteiger partial charge in [0.05, 0.1) is 4.92 Å². The average molecular weight is 295 g/mol. The van der Waals surface area contributed by atoms with E-state index in [4.69, 9.17) is 11.6 Å². The van der Waals surface area contributed by atoms with Gasteiger partial charge in [0.15, 0.2) is 0 Å². The fraction of sp³-hybridized carbons (Fsp3) is 0.167. The molecule has 0 bridgehead atoms. The number of hydrogen-bond donors (Lipinski definition) is 1. The van der Waals surface area contributed by atoms with E-state index in [-0.39, 0.29) is 11.6 Å². The van der Waals surface area contributed by atoms with Gasteiger partial charge < -0.3 is 5.32 Å². The number of carbonyl (C=O) groups is 1. The summed E-state index contributed by atoms with van der Waals surface area (Å²) in [4.78, 5) is 22.0. The molecule has 0 saturated carbocycles. The van der Waals surface area contributed by atoms with Crippen LogP contribution in [-0.4, -0.2) is 20.6 Å². The molecule has 1 aromatic carbocycles. The van der Waals surface area contributed by atoms with Crippen LogP contribution in [0.4, 0.5) is 11.4 Å². The molecule has 1 N–H and O–H groups in total. The molecule has 7 nitrogen and oxygen atoms in total. The highest BCUT2D eigenvalue weighted by Gasteiger charge is 2.19. The van der Waals surface area contributed by atoms with Crippen molar-refractivity contribution in [3.63, 3.8) is 0 Å². The molecule has 1 atom stereocenters. The third-order valence-corrected chi connectivity index (χ3v) is 2.90. The molecular formula is C12H11ClN4O3. The molecule has 1 aromatic heterocycles. The first-order valence-corrected chi connectivity index (χ1v) is 6.10. The number of rotatable bonds is 4. The second kappa shape index (κ2) is 5.70. The van der Waals surface area contributed by atoms with Crippen LogP contribution in [0.25, 0.3) is 0 Å². The quantitative estimate of drug-likeness (QED) is 0.693. The van der Waals surface area contributed by atoms with Crippen LogP contribution in [-0.2, 0) is 4.79 Å². The van der Waals surface area contributed by atoms with Crippen molar-refractivity contribution >= 4 is 28.9 Å². The standard InChI is InChI=1S/C12H11ClN4O3/c1-8(16-7-11(6-14-16)17(19)20)12(18)15-10-4-2-3-9(13)5-10/h2-8H,1H3,(H,15,18). The van der Waals surface area contributed by atoms with Crippen molar-refractivity contribution in [3.8, 4) is 0 Å². The van der Waals surface area contributed by atoms with E-state index in [2.05, 4.69) is 10.4 Å². The van der Waals surface area contributed by atoms with Gasteiger partial charge in [-0.25, -0.2) is 0 Å². The number of halogens is 1. The van der Waals surface area contributed by atoms with Gasteiger partial charge in [-0.15, -0.1) is 0 Å². The van der Waals surface area contributed by atoms with Gasteiger partial charge in [0.2, 0.25) is 5.91 Å². The average Bonchev–Trinajstić information content (AvgIpc) is 2.87. The van der Waals surface area contributed by atoms with E-state index in [9.17, 15) is 14.9 Å². The Kier molecular flexibility index (Phi) is 3.99. The zero-order chi connectivity index (χ0) is 14.7. The van der Waals surface area contributed by atoms with Gasteiger partial charge in [0.1, 0.15) is 18.4 Å². The maximum Gasteiger partial charge on any atom is 0.307 e. The summed E-state index contributed by atoms with van der Waals surface area (Å²) in [7, 11) is 0. The highest BCUT2D eigenvalue weighted by atomic mass is 35.5. The summed E-state index contributed by atoms with van der Waals surface area (Å²) in [6, 6.07) is 6.03. The summed E-state index contributed by atoms with van der Waals surface area (Å²) >= 11 is 5.82. The fourth-order valence-electron chi connectivity index (χ4n) is 1.57. The Hall–Kier alpha value is -2.41. The lowest BCUT2D eigenvalue weighted by atomic mass is 10.2. The third kappa shape index (κ3) is 3.12. The highest BCUT2D eigenvalue weighted by Crippen LogP contribution is 2.18. The van der Waals surface area contributed by atoms with Gasteiger partial charge in [-0.05, 0) is 25.1 Å². The second-order valence-corrected chi connectivity index (χ2v) is 4.55. The molecule has 8 heteroatoms. The van der Waals surface area contributed by atoms with E-state index in [0.717, 1.165) is 6.20 Å². The number of aromatic nitrogens is 2. The second-order valence-electron chi connectivity index (χ2n) is 4.11. The van der Waals surface area contributed by atoms with Crippen LogP contribution in [0.1, 0.15) is 13.0 Å². The molecule has 0 fully saturated rings. The van der Waals surface area contributed by atoms with Gasteiger partial charge in [-0.3, -0.25) is 19.6 Å². The van der Waals surface area contributed by atoms with E-state index >= 15 is 0 Å². The van der Waals surface area contributed by atoms with Crippen molar-refractivity contribution in [3.05, 3.63) is 51.8 Å². The Morgan fingerprint density at radius 3 is 2.90 bits per heavy atom. The minimum Gasteiger partial charge on any atom is -0.324 e. The Morgan fingerprint density at radius 1 is 1.55 bits per heavy atom. The summed E-state index contributed by atoms with van der Waals surface area (Å²) in [5, 5.41) is 17.5. The number of amides is 1. The van der Waals surface area contributed by atoms with Crippen LogP contribution in [0.2, 0.25) is 5.02 Å². The smallest absolute Gasteiger partial charge is 0.307 e. The van der Waals surface area contributed by atoms with Crippen molar-refractivity contribution < 1.29 is 9.72 Å². The van der Waals surface area contributed by atoms with Gasteiger partial charge >= 0.3 is 5.69 Å². The van der Waals surface area contributed by atoms with Crippen LogP contribution in [0, 0.1) is 10.1 Å². The van der Waals surface area contributed by atoms with E-state index < -0.39 is 11.0 Å². The number of anilines is 1. The summed E-state index contributed by atoms with van der Waals surface area (Å²) < 4.78 is 1.23. The molecule has 2 aromatic rings. The molecule has 0 aliphatic rings. The number of carbonyl (C=O) groups excluding carboxylic acids is 1. The van der Waals surface area contributed by atoms with Gasteiger partial charge in [0.25, 0.3) is 0 Å². The molecular weight excluding hydrogens is 284 g/mol. The molecule has 0 aliphatic carbocycles. The largest absolute Gasteiger partial charge is 0.324 e. The fourth-order valence-corrected chi connectivity index (χ4v) is 1.76. The van der Waals surface area contributed by atoms with E-state index in [1.165, 1.54) is 10.9 Å². The van der Waals surface area contributed by atoms with Crippen molar-refractivity contribution in [2.75, 3.05) is 5.32 Å². The monoisotopic (exact) mass is 294 g/mol. The van der Waals surface area contributed by atoms with Crippen molar-refractivity contribution in [2.45, 2.75) is 13.0 Å². The zero-order valence-corrected chi connectivity index (χ0v) is 11.2. The van der Waals surface area contributed by atoms with Crippen LogP contribution in [0.15, 0.2) is 36.7 Å². The molecule has 0 aliphatic heterocycles. The third-order valence-electron chi connectivity index (χ3n) is 2.67. The normalized spacial score (nSPS) is 11.9. The molecule has 104 valence electrons. The Bertz CT molecular complexity index is 656. The molecule has 0 saturated heterocycles. The van der Waals surface area contributed by atoms with E-state index in [0.29, 0.717) is 10.7 Å². The maximum absolute atomic E-state index is 12.0. The lowest BCUT2D eigenvalue weighted by molar-refractivity contribution is -0.385. The number of benzene rings is 1. The lowest BCUT2D eigenvalue weighted by Crippen LogP contribution is -2.23. The molecule has 1 unspecified atom stereocenters. The first-order chi connectivity index (χ1) is 9.47. The van der Waals surface area contributed by atoms with Gasteiger partial charge in [0, 0.05) is 10.7 Å². The van der Waals surface area contributed by atoms with Gasteiger partial charge in [-0.1, -0.05) is 17.7 Å². The zero-order valence-electron chi connectivity index (χ0n) is 10.5. The SMILES string of the molecule is CC(C(=O)Nc1cccc(Cl)c1)n1cc([N+](=O)[O-])cn1. The first kappa shape index (κ1) is 14.0. The first-order valence-electron chi connectivity index (χ1n) is 5.72. The van der Waals surface area contributed by atoms with Gasteiger partial charge in [-0.2, -0.15) is 5.10 Å². The summed E-state index contributed by atoms with van der Waals surface area (Å²) in [5.74, 6) is -0.342. The summed E-state index contributed by atoms with van der Waals surface area (Å²) in [6.07, 6.45) is 2.31. The highest BCUT2D eigenvalue weighted by molar-refractivity contribution is 6.30. The Labute approximate surface area is 119 Å². The summed E-state index contributed by atoms with van der Waals surface area (Å²) in [6.45, 7) is 1.59. The predicted molar refractivity (Wildman–Crippen MR) is 73.7 cm³/mol. The van der Waals surface area contributed by atoms with Crippen LogP contribution in [0.3, 0.4) is 0 Å².